The van der Waals surface area contributed by atoms with E-state index in [0.717, 1.165) is 23.3 Å². The average Bonchev–Trinajstić information content (AvgIpc) is 3.32. The average molecular weight is 506 g/mol. The van der Waals surface area contributed by atoms with Gasteiger partial charge in [0.2, 0.25) is 11.7 Å². The molecule has 0 saturated heterocycles. The van der Waals surface area contributed by atoms with Crippen molar-refractivity contribution in [2.24, 2.45) is 0 Å². The molecule has 9 nitrogen and oxygen atoms in total. The number of benzene rings is 2. The van der Waals surface area contributed by atoms with Crippen LogP contribution in [0.4, 0.5) is 0 Å². The zero-order chi connectivity index (χ0) is 26.2. The van der Waals surface area contributed by atoms with Crippen LogP contribution in [0.1, 0.15) is 45.0 Å². The summed E-state index contributed by atoms with van der Waals surface area (Å²) in [7, 11) is 0. The van der Waals surface area contributed by atoms with Gasteiger partial charge in [-0.25, -0.2) is 0 Å². The van der Waals surface area contributed by atoms with Crippen LogP contribution >= 0.6 is 0 Å². The molecule has 2 aromatic heterocycles. The van der Waals surface area contributed by atoms with Crippen molar-refractivity contribution in [1.29, 1.82) is 0 Å². The molecule has 2 heterocycles. The number of nitrogens with zero attached hydrogens (tertiary/aromatic N) is 4. The molecule has 37 heavy (non-hydrogen) atoms. The van der Waals surface area contributed by atoms with Crippen LogP contribution in [0.5, 0.6) is 5.75 Å². The van der Waals surface area contributed by atoms with Crippen molar-refractivity contribution in [3.8, 4) is 5.75 Å². The molecule has 2 aromatic carbocycles. The quantitative estimate of drug-likeness (QED) is 0.279. The minimum atomic E-state index is -0.0985. The lowest BCUT2D eigenvalue weighted by molar-refractivity contribution is -0.121. The Morgan fingerprint density at radius 3 is 2.59 bits per heavy atom. The van der Waals surface area contributed by atoms with E-state index in [1.54, 1.807) is 4.57 Å². The Morgan fingerprint density at radius 1 is 1.05 bits per heavy atom. The van der Waals surface area contributed by atoms with Crippen molar-refractivity contribution < 1.29 is 14.3 Å². The van der Waals surface area contributed by atoms with Gasteiger partial charge in [0.25, 0.3) is 5.56 Å². The predicted molar refractivity (Wildman–Crippen MR) is 143 cm³/mol. The molecule has 0 radical (unpaired) electrons. The first-order chi connectivity index (χ1) is 18.0. The minimum absolute atomic E-state index is 0.0499. The molecule has 0 aliphatic carbocycles. The summed E-state index contributed by atoms with van der Waals surface area (Å²) in [5, 5.41) is 12.3. The van der Waals surface area contributed by atoms with Crippen LogP contribution in [0.15, 0.2) is 53.3 Å². The number of carbonyl (C=O) groups is 1. The first kappa shape index (κ1) is 26.3. The maximum atomic E-state index is 13.2. The largest absolute Gasteiger partial charge is 0.494 e. The van der Waals surface area contributed by atoms with Crippen molar-refractivity contribution in [1.82, 2.24) is 24.5 Å². The summed E-state index contributed by atoms with van der Waals surface area (Å²) in [5.74, 6) is 1.93. The van der Waals surface area contributed by atoms with Gasteiger partial charge >= 0.3 is 0 Å². The lowest BCUT2D eigenvalue weighted by Crippen LogP contribution is -2.26. The van der Waals surface area contributed by atoms with Crippen LogP contribution in [-0.2, 0) is 28.9 Å². The third kappa shape index (κ3) is 6.54. The molecule has 0 bridgehead atoms. The Kier molecular flexibility index (Phi) is 8.90. The summed E-state index contributed by atoms with van der Waals surface area (Å²) in [6, 6.07) is 15.4. The van der Waals surface area contributed by atoms with E-state index < -0.39 is 0 Å². The zero-order valence-electron chi connectivity index (χ0n) is 21.8. The van der Waals surface area contributed by atoms with Crippen LogP contribution < -0.4 is 15.6 Å². The number of rotatable bonds is 13. The Hall–Kier alpha value is -3.72. The van der Waals surface area contributed by atoms with E-state index in [9.17, 15) is 9.59 Å². The van der Waals surface area contributed by atoms with Crippen LogP contribution in [0.3, 0.4) is 0 Å². The lowest BCUT2D eigenvalue weighted by Gasteiger charge is -2.12. The number of nitrogens with one attached hydrogen (secondary N) is 1. The van der Waals surface area contributed by atoms with Crippen molar-refractivity contribution >= 4 is 22.6 Å². The SMILES string of the molecule is CCOc1ccc(CCNC(=O)CCc2nnc3n(CCCOC(C)C)c(=O)c4ccccc4n23)cc1. The summed E-state index contributed by atoms with van der Waals surface area (Å²) in [6.07, 6.45) is 2.25. The normalized spacial score (nSPS) is 11.5. The van der Waals surface area contributed by atoms with Gasteiger partial charge in [-0.1, -0.05) is 24.3 Å². The van der Waals surface area contributed by atoms with Crippen LogP contribution in [-0.4, -0.2) is 50.9 Å². The number of carbonyl (C=O) groups excluding carboxylic acids is 1. The fourth-order valence-electron chi connectivity index (χ4n) is 4.30. The fraction of sp³-hybridized carbons (Fsp3) is 0.429. The van der Waals surface area contributed by atoms with Crippen molar-refractivity contribution in [3.05, 3.63) is 70.3 Å². The van der Waals surface area contributed by atoms with Crippen LogP contribution in [0, 0.1) is 0 Å². The number of hydrogen-bond donors (Lipinski definition) is 1. The molecule has 1 amide bonds. The van der Waals surface area contributed by atoms with Gasteiger partial charge in [-0.15, -0.1) is 10.2 Å². The molecule has 0 spiro atoms. The Bertz CT molecular complexity index is 1390. The van der Waals surface area contributed by atoms with Gasteiger partial charge in [-0.05, 0) is 63.4 Å². The van der Waals surface area contributed by atoms with E-state index in [-0.39, 0.29) is 24.0 Å². The first-order valence-electron chi connectivity index (χ1n) is 12.9. The summed E-state index contributed by atoms with van der Waals surface area (Å²) >= 11 is 0. The molecule has 0 unspecified atom stereocenters. The van der Waals surface area contributed by atoms with Crippen molar-refractivity contribution in [2.75, 3.05) is 19.8 Å². The number of aromatic nitrogens is 4. The maximum absolute atomic E-state index is 13.2. The minimum Gasteiger partial charge on any atom is -0.494 e. The number of hydrogen-bond acceptors (Lipinski definition) is 6. The summed E-state index contributed by atoms with van der Waals surface area (Å²) in [6.45, 7) is 8.15. The molecule has 4 aromatic rings. The molecule has 0 fully saturated rings. The number of fused-ring (bicyclic) bond motifs is 3. The van der Waals surface area contributed by atoms with Gasteiger partial charge in [-0.2, -0.15) is 0 Å². The summed E-state index contributed by atoms with van der Waals surface area (Å²) in [4.78, 5) is 25.8. The molecule has 9 heteroatoms. The van der Waals surface area contributed by atoms with Gasteiger partial charge < -0.3 is 14.8 Å². The smallest absolute Gasteiger partial charge is 0.262 e. The molecule has 0 aliphatic rings. The van der Waals surface area contributed by atoms with Gasteiger partial charge in [0.05, 0.1) is 23.6 Å². The Balaban J connectivity index is 1.42. The summed E-state index contributed by atoms with van der Waals surface area (Å²) < 4.78 is 14.7. The fourth-order valence-corrected chi connectivity index (χ4v) is 4.30. The maximum Gasteiger partial charge on any atom is 0.262 e. The number of amides is 1. The van der Waals surface area contributed by atoms with Gasteiger partial charge in [0.15, 0.2) is 0 Å². The second-order valence-corrected chi connectivity index (χ2v) is 9.18. The molecule has 1 N–H and O–H groups in total. The van der Waals surface area contributed by atoms with Gasteiger partial charge in [0, 0.05) is 32.5 Å². The third-order valence-corrected chi connectivity index (χ3v) is 6.10. The highest BCUT2D eigenvalue weighted by atomic mass is 16.5. The van der Waals surface area contributed by atoms with Gasteiger partial charge in [0.1, 0.15) is 11.6 Å². The molecular formula is C28H35N5O4. The second-order valence-electron chi connectivity index (χ2n) is 9.18. The molecule has 196 valence electrons. The van der Waals surface area contributed by atoms with Crippen LogP contribution in [0.2, 0.25) is 0 Å². The first-order valence-corrected chi connectivity index (χ1v) is 12.9. The van der Waals surface area contributed by atoms with Gasteiger partial charge in [-0.3, -0.25) is 18.6 Å². The number of aryl methyl sites for hydroxylation is 2. The second kappa shape index (κ2) is 12.5. The molecular weight excluding hydrogens is 470 g/mol. The number of para-hydroxylation sites is 1. The highest BCUT2D eigenvalue weighted by Crippen LogP contribution is 2.16. The van der Waals surface area contributed by atoms with E-state index in [2.05, 4.69) is 15.5 Å². The van der Waals surface area contributed by atoms with E-state index >= 15 is 0 Å². The van der Waals surface area contributed by atoms with E-state index in [1.165, 1.54) is 0 Å². The van der Waals surface area contributed by atoms with E-state index in [1.807, 2.05) is 73.7 Å². The molecule has 0 atom stereocenters. The highest BCUT2D eigenvalue weighted by molar-refractivity contribution is 5.80. The molecule has 4 rings (SSSR count). The topological polar surface area (TPSA) is 99.8 Å². The molecule has 0 saturated carbocycles. The summed E-state index contributed by atoms with van der Waals surface area (Å²) in [5.41, 5.74) is 1.78. The Labute approximate surface area is 216 Å². The molecule has 0 aliphatic heterocycles. The number of ether oxygens (including phenoxy) is 2. The van der Waals surface area contributed by atoms with E-state index in [0.29, 0.717) is 56.1 Å². The zero-order valence-corrected chi connectivity index (χ0v) is 21.8. The Morgan fingerprint density at radius 2 is 1.84 bits per heavy atom. The lowest BCUT2D eigenvalue weighted by atomic mass is 10.1. The van der Waals surface area contributed by atoms with Crippen molar-refractivity contribution in [2.45, 2.75) is 59.1 Å². The highest BCUT2D eigenvalue weighted by Gasteiger charge is 2.17. The monoisotopic (exact) mass is 505 g/mol. The van der Waals surface area contributed by atoms with E-state index in [4.69, 9.17) is 9.47 Å². The van der Waals surface area contributed by atoms with Crippen molar-refractivity contribution in [3.63, 3.8) is 0 Å². The predicted octanol–water partition coefficient (Wildman–Crippen LogP) is 3.55. The standard InChI is InChI=1S/C28H35N5O4/c1-4-36-22-12-10-21(11-13-22)16-17-29-26(34)15-14-25-30-31-28-32(18-7-19-37-20(2)3)27(35)23-8-5-6-9-24(23)33(25)28/h5-6,8-13,20H,4,7,14-19H2,1-3H3,(H,29,34). The third-order valence-electron chi connectivity index (χ3n) is 6.10. The van der Waals surface area contributed by atoms with Crippen LogP contribution in [0.25, 0.3) is 16.7 Å².